The van der Waals surface area contributed by atoms with Gasteiger partial charge < -0.3 is 9.30 Å². The monoisotopic (exact) mass is 269 g/mol. The Bertz CT molecular complexity index is 641. The van der Waals surface area contributed by atoms with Gasteiger partial charge in [0, 0.05) is 13.2 Å². The number of methoxy groups -OCH3 is 1. The first-order chi connectivity index (χ1) is 9.83. The van der Waals surface area contributed by atoms with Gasteiger partial charge in [0.1, 0.15) is 5.82 Å². The Morgan fingerprint density at radius 1 is 1.40 bits per heavy atom. The van der Waals surface area contributed by atoms with E-state index in [1.54, 1.807) is 7.11 Å². The number of hydrogen-bond acceptors (Lipinski definition) is 3. The van der Waals surface area contributed by atoms with Crippen LogP contribution in [-0.4, -0.2) is 22.8 Å². The lowest BCUT2D eigenvalue weighted by atomic mass is 9.92. The summed E-state index contributed by atoms with van der Waals surface area (Å²) in [5, 5.41) is 9.04. The molecule has 0 bridgehead atoms. The molecule has 1 aromatic carbocycles. The van der Waals surface area contributed by atoms with Gasteiger partial charge in [0.2, 0.25) is 0 Å². The Balaban J connectivity index is 2.04. The van der Waals surface area contributed by atoms with E-state index in [1.807, 2.05) is 18.2 Å². The van der Waals surface area contributed by atoms with Crippen LogP contribution < -0.4 is 0 Å². The normalized spacial score (nSPS) is 22.8. The average molecular weight is 269 g/mol. The van der Waals surface area contributed by atoms with Crippen LogP contribution in [0.4, 0.5) is 0 Å². The van der Waals surface area contributed by atoms with Crippen molar-refractivity contribution in [1.82, 2.24) is 9.55 Å². The van der Waals surface area contributed by atoms with Gasteiger partial charge in [-0.15, -0.1) is 0 Å². The van der Waals surface area contributed by atoms with E-state index in [0.29, 0.717) is 18.6 Å². The van der Waals surface area contributed by atoms with Crippen molar-refractivity contribution in [2.24, 2.45) is 0 Å². The summed E-state index contributed by atoms with van der Waals surface area (Å²) in [5.74, 6) is 0.885. The summed E-state index contributed by atoms with van der Waals surface area (Å²) in [4.78, 5) is 4.63. The molecule has 4 nitrogen and oxygen atoms in total. The van der Waals surface area contributed by atoms with Crippen molar-refractivity contribution in [1.29, 1.82) is 5.26 Å². The van der Waals surface area contributed by atoms with E-state index in [2.05, 4.69) is 21.7 Å². The predicted octanol–water partition coefficient (Wildman–Crippen LogP) is 3.23. The molecule has 0 aliphatic heterocycles. The van der Waals surface area contributed by atoms with Gasteiger partial charge in [-0.2, -0.15) is 5.26 Å². The van der Waals surface area contributed by atoms with Crippen LogP contribution in [0.25, 0.3) is 11.0 Å². The first-order valence-corrected chi connectivity index (χ1v) is 7.19. The van der Waals surface area contributed by atoms with Gasteiger partial charge >= 0.3 is 0 Å². The zero-order chi connectivity index (χ0) is 13.9. The van der Waals surface area contributed by atoms with E-state index in [-0.39, 0.29) is 0 Å². The second-order valence-electron chi connectivity index (χ2n) is 5.40. The molecule has 2 aromatic rings. The summed E-state index contributed by atoms with van der Waals surface area (Å²) in [6, 6.07) is 10.8. The van der Waals surface area contributed by atoms with Crippen LogP contribution in [0.3, 0.4) is 0 Å². The van der Waals surface area contributed by atoms with Gasteiger partial charge in [-0.05, 0) is 37.8 Å². The zero-order valence-electron chi connectivity index (χ0n) is 11.7. The number of hydrogen-bond donors (Lipinski definition) is 0. The molecule has 1 aliphatic rings. The zero-order valence-corrected chi connectivity index (χ0v) is 11.7. The van der Waals surface area contributed by atoms with Crippen molar-refractivity contribution < 1.29 is 4.74 Å². The van der Waals surface area contributed by atoms with E-state index >= 15 is 0 Å². The highest BCUT2D eigenvalue weighted by Gasteiger charge is 2.26. The van der Waals surface area contributed by atoms with Crippen molar-refractivity contribution in [3.8, 4) is 6.07 Å². The van der Waals surface area contributed by atoms with Crippen LogP contribution in [0.5, 0.6) is 0 Å². The third kappa shape index (κ3) is 2.30. The summed E-state index contributed by atoms with van der Waals surface area (Å²) in [6.45, 7) is 0. The Morgan fingerprint density at radius 3 is 3.05 bits per heavy atom. The highest BCUT2D eigenvalue weighted by molar-refractivity contribution is 5.76. The van der Waals surface area contributed by atoms with E-state index in [0.717, 1.165) is 36.1 Å². The quantitative estimate of drug-likeness (QED) is 0.859. The summed E-state index contributed by atoms with van der Waals surface area (Å²) < 4.78 is 7.80. The molecule has 2 unspecified atom stereocenters. The maximum Gasteiger partial charge on any atom is 0.124 e. The lowest BCUT2D eigenvalue weighted by Crippen LogP contribution is -2.25. The number of nitriles is 1. The molecule has 3 rings (SSSR count). The Morgan fingerprint density at radius 2 is 2.25 bits per heavy atom. The molecule has 20 heavy (non-hydrogen) atoms. The first kappa shape index (κ1) is 13.1. The smallest absolute Gasteiger partial charge is 0.124 e. The number of rotatable bonds is 3. The minimum Gasteiger partial charge on any atom is -0.381 e. The number of imidazole rings is 1. The molecule has 0 radical (unpaired) electrons. The predicted molar refractivity (Wildman–Crippen MR) is 77.4 cm³/mol. The second-order valence-corrected chi connectivity index (χ2v) is 5.40. The molecule has 1 heterocycles. The Labute approximate surface area is 119 Å². The van der Waals surface area contributed by atoms with Gasteiger partial charge in [0.15, 0.2) is 0 Å². The molecule has 2 atom stereocenters. The highest BCUT2D eigenvalue weighted by atomic mass is 16.5. The van der Waals surface area contributed by atoms with Crippen molar-refractivity contribution in [3.05, 3.63) is 30.1 Å². The molecular weight excluding hydrogens is 250 g/mol. The van der Waals surface area contributed by atoms with Crippen LogP contribution in [0.1, 0.15) is 37.5 Å². The number of benzene rings is 1. The molecule has 4 heteroatoms. The molecule has 104 valence electrons. The van der Waals surface area contributed by atoms with Gasteiger partial charge in [0.05, 0.1) is 29.6 Å². The van der Waals surface area contributed by atoms with Gasteiger partial charge in [-0.25, -0.2) is 4.98 Å². The minimum atomic E-state index is 0.324. The molecule has 0 saturated heterocycles. The molecule has 1 aliphatic carbocycles. The third-order valence-electron chi connectivity index (χ3n) is 4.20. The summed E-state index contributed by atoms with van der Waals surface area (Å²) in [7, 11) is 1.79. The van der Waals surface area contributed by atoms with Crippen LogP contribution in [-0.2, 0) is 11.2 Å². The van der Waals surface area contributed by atoms with Crippen molar-refractivity contribution in [3.63, 3.8) is 0 Å². The Hall–Kier alpha value is -1.86. The molecule has 0 N–H and O–H groups in total. The fourth-order valence-electron chi connectivity index (χ4n) is 3.27. The van der Waals surface area contributed by atoms with Crippen molar-refractivity contribution >= 4 is 11.0 Å². The molecule has 1 saturated carbocycles. The van der Waals surface area contributed by atoms with E-state index in [9.17, 15) is 0 Å². The number of aromatic nitrogens is 2. The lowest BCUT2D eigenvalue weighted by Gasteiger charge is -2.30. The van der Waals surface area contributed by atoms with Crippen molar-refractivity contribution in [2.45, 2.75) is 44.2 Å². The van der Waals surface area contributed by atoms with Crippen molar-refractivity contribution in [2.75, 3.05) is 7.11 Å². The Kier molecular flexibility index (Phi) is 3.70. The van der Waals surface area contributed by atoms with E-state index < -0.39 is 0 Å². The first-order valence-electron chi connectivity index (χ1n) is 7.19. The standard InChI is InChI=1S/C16H19N3O/c1-20-13-6-4-5-12(11-13)19-15-8-3-2-7-14(15)18-16(19)9-10-17/h2-3,7-8,12-13H,4-6,9,11H2,1H3. The SMILES string of the molecule is COC1CCCC(n2c(CC#N)nc3ccccc32)C1. The van der Waals surface area contributed by atoms with E-state index in [1.165, 1.54) is 6.42 Å². The fourth-order valence-corrected chi connectivity index (χ4v) is 3.27. The molecule has 0 amide bonds. The lowest BCUT2D eigenvalue weighted by molar-refractivity contribution is 0.0533. The molecule has 1 fully saturated rings. The third-order valence-corrected chi connectivity index (χ3v) is 4.20. The highest BCUT2D eigenvalue weighted by Crippen LogP contribution is 2.33. The second kappa shape index (κ2) is 5.64. The fraction of sp³-hybridized carbons (Fsp3) is 0.500. The average Bonchev–Trinajstić information content (AvgIpc) is 2.85. The summed E-state index contributed by atoms with van der Waals surface area (Å²) in [5.41, 5.74) is 2.12. The van der Waals surface area contributed by atoms with Gasteiger partial charge in [-0.1, -0.05) is 12.1 Å². The number of fused-ring (bicyclic) bond motifs is 1. The van der Waals surface area contributed by atoms with Gasteiger partial charge in [0.25, 0.3) is 0 Å². The van der Waals surface area contributed by atoms with Crippen LogP contribution in [0, 0.1) is 11.3 Å². The molecule has 1 aromatic heterocycles. The maximum absolute atomic E-state index is 9.04. The summed E-state index contributed by atoms with van der Waals surface area (Å²) in [6.07, 6.45) is 5.14. The molecular formula is C16H19N3O. The minimum absolute atomic E-state index is 0.324. The van der Waals surface area contributed by atoms with Crippen LogP contribution in [0.2, 0.25) is 0 Å². The van der Waals surface area contributed by atoms with Crippen LogP contribution >= 0.6 is 0 Å². The number of nitrogens with zero attached hydrogens (tertiary/aromatic N) is 3. The summed E-state index contributed by atoms with van der Waals surface area (Å²) >= 11 is 0. The number of ether oxygens (including phenoxy) is 1. The molecule has 0 spiro atoms. The van der Waals surface area contributed by atoms with E-state index in [4.69, 9.17) is 10.00 Å². The van der Waals surface area contributed by atoms with Crippen LogP contribution in [0.15, 0.2) is 24.3 Å². The van der Waals surface area contributed by atoms with Gasteiger partial charge in [-0.3, -0.25) is 0 Å². The number of para-hydroxylation sites is 2. The topological polar surface area (TPSA) is 50.8 Å². The largest absolute Gasteiger partial charge is 0.381 e. The maximum atomic E-state index is 9.04.